The molecule has 1 fully saturated rings. The summed E-state index contributed by atoms with van der Waals surface area (Å²) in [6, 6.07) is 0. The highest BCUT2D eigenvalue weighted by Gasteiger charge is 2.25. The number of halogens is 1. The third-order valence-corrected chi connectivity index (χ3v) is 1.56. The number of hydrogen-bond acceptors (Lipinski definition) is 2. The van der Waals surface area contributed by atoms with E-state index in [1.807, 2.05) is 0 Å². The Kier molecular flexibility index (Phi) is 2.09. The number of methoxy groups -OCH3 is 1. The predicted octanol–water partition coefficient (Wildman–Crippen LogP) is 0.797. The second-order valence-electron chi connectivity index (χ2n) is 2.30. The van der Waals surface area contributed by atoms with Crippen LogP contribution in [0.15, 0.2) is 0 Å². The van der Waals surface area contributed by atoms with Crippen molar-refractivity contribution in [3.05, 3.63) is 0 Å². The van der Waals surface area contributed by atoms with Gasteiger partial charge in [-0.15, -0.1) is 0 Å². The van der Waals surface area contributed by atoms with Crippen molar-refractivity contribution in [3.63, 3.8) is 0 Å². The van der Waals surface area contributed by atoms with Crippen LogP contribution < -0.4 is 0 Å². The summed E-state index contributed by atoms with van der Waals surface area (Å²) >= 11 is 0. The lowest BCUT2D eigenvalue weighted by Gasteiger charge is -2.11. The molecule has 1 rings (SSSR count). The third-order valence-electron chi connectivity index (χ3n) is 1.56. The molecule has 3 nitrogen and oxygen atoms in total. The number of nitrogens with zero attached hydrogens (tertiary/aromatic N) is 1. The number of hydrogen-bond donors (Lipinski definition) is 0. The zero-order chi connectivity index (χ0) is 7.56. The minimum absolute atomic E-state index is 0.187. The molecular weight excluding hydrogens is 137 g/mol. The van der Waals surface area contributed by atoms with E-state index in [9.17, 15) is 9.18 Å². The fourth-order valence-electron chi connectivity index (χ4n) is 1.01. The number of ether oxygens (including phenoxy) is 1. The summed E-state index contributed by atoms with van der Waals surface area (Å²) in [5.74, 6) is 0. The molecule has 0 bridgehead atoms. The molecule has 0 radical (unpaired) electrons. The van der Waals surface area contributed by atoms with E-state index in [-0.39, 0.29) is 6.54 Å². The molecule has 4 heteroatoms. The van der Waals surface area contributed by atoms with Crippen molar-refractivity contribution in [2.45, 2.75) is 12.6 Å². The maximum atomic E-state index is 12.4. The largest absolute Gasteiger partial charge is 0.453 e. The second kappa shape index (κ2) is 2.86. The summed E-state index contributed by atoms with van der Waals surface area (Å²) in [5, 5.41) is 0. The van der Waals surface area contributed by atoms with E-state index in [1.54, 1.807) is 0 Å². The lowest BCUT2D eigenvalue weighted by molar-refractivity contribution is 0.130. The number of amides is 1. The van der Waals surface area contributed by atoms with Gasteiger partial charge in [0.15, 0.2) is 0 Å². The first-order valence-electron chi connectivity index (χ1n) is 3.21. The van der Waals surface area contributed by atoms with Crippen LogP contribution in [0.1, 0.15) is 6.42 Å². The summed E-state index contributed by atoms with van der Waals surface area (Å²) in [4.78, 5) is 12.1. The number of alkyl halides is 1. The lowest BCUT2D eigenvalue weighted by atomic mass is 10.3. The molecule has 0 N–H and O–H groups in total. The van der Waals surface area contributed by atoms with E-state index < -0.39 is 12.3 Å². The molecule has 1 atom stereocenters. The highest BCUT2D eigenvalue weighted by molar-refractivity contribution is 5.67. The van der Waals surface area contributed by atoms with Gasteiger partial charge >= 0.3 is 6.09 Å². The molecular formula is C6H10FNO2. The van der Waals surface area contributed by atoms with Crippen LogP contribution in [0, 0.1) is 0 Å². The highest BCUT2D eigenvalue weighted by atomic mass is 19.1. The zero-order valence-corrected chi connectivity index (χ0v) is 5.84. The Hall–Kier alpha value is -0.800. The third kappa shape index (κ3) is 1.37. The average molecular weight is 147 g/mol. The summed E-state index contributed by atoms with van der Waals surface area (Å²) in [7, 11) is 1.30. The van der Waals surface area contributed by atoms with Crippen LogP contribution in [0.25, 0.3) is 0 Å². The molecule has 0 aromatic heterocycles. The topological polar surface area (TPSA) is 29.5 Å². The normalized spacial score (nSPS) is 25.0. The lowest BCUT2D eigenvalue weighted by Crippen LogP contribution is -2.28. The van der Waals surface area contributed by atoms with Gasteiger partial charge in [0.25, 0.3) is 0 Å². The number of likely N-dealkylation sites (tertiary alicyclic amines) is 1. The molecule has 0 aromatic carbocycles. The van der Waals surface area contributed by atoms with Crippen LogP contribution in [0.5, 0.6) is 0 Å². The molecule has 1 unspecified atom stereocenters. The van der Waals surface area contributed by atoms with Crippen molar-refractivity contribution < 1.29 is 13.9 Å². The summed E-state index contributed by atoms with van der Waals surface area (Å²) in [6.45, 7) is 0.667. The first-order valence-corrected chi connectivity index (χ1v) is 3.21. The predicted molar refractivity (Wildman–Crippen MR) is 33.5 cm³/mol. The van der Waals surface area contributed by atoms with Crippen molar-refractivity contribution in [2.24, 2.45) is 0 Å². The fraction of sp³-hybridized carbons (Fsp3) is 0.833. The van der Waals surface area contributed by atoms with E-state index in [0.29, 0.717) is 13.0 Å². The molecule has 1 aliphatic heterocycles. The van der Waals surface area contributed by atoms with E-state index in [1.165, 1.54) is 12.0 Å². The molecule has 0 aromatic rings. The Labute approximate surface area is 58.8 Å². The van der Waals surface area contributed by atoms with Crippen molar-refractivity contribution in [3.8, 4) is 0 Å². The smallest absolute Gasteiger partial charge is 0.409 e. The minimum atomic E-state index is -0.862. The van der Waals surface area contributed by atoms with Gasteiger partial charge in [0, 0.05) is 6.54 Å². The molecule has 0 saturated carbocycles. The SMILES string of the molecule is COC(=O)N1CCC(F)C1. The van der Waals surface area contributed by atoms with Gasteiger partial charge in [-0.05, 0) is 6.42 Å². The van der Waals surface area contributed by atoms with Crippen LogP contribution in [-0.2, 0) is 4.74 Å². The van der Waals surface area contributed by atoms with Crippen molar-refractivity contribution >= 4 is 6.09 Å². The second-order valence-corrected chi connectivity index (χ2v) is 2.30. The number of carbonyl (C=O) groups excluding carboxylic acids is 1. The summed E-state index contributed by atoms with van der Waals surface area (Å²) < 4.78 is 16.8. The Balaban J connectivity index is 2.37. The zero-order valence-electron chi connectivity index (χ0n) is 5.84. The fourth-order valence-corrected chi connectivity index (χ4v) is 1.01. The number of carbonyl (C=O) groups is 1. The Morgan fingerprint density at radius 2 is 2.50 bits per heavy atom. The molecule has 10 heavy (non-hydrogen) atoms. The molecule has 0 aliphatic carbocycles. The summed E-state index contributed by atoms with van der Waals surface area (Å²) in [5.41, 5.74) is 0. The van der Waals surface area contributed by atoms with Crippen molar-refractivity contribution in [1.29, 1.82) is 0 Å². The van der Waals surface area contributed by atoms with Gasteiger partial charge in [-0.3, -0.25) is 0 Å². The van der Waals surface area contributed by atoms with Crippen LogP contribution >= 0.6 is 0 Å². The first-order chi connectivity index (χ1) is 4.74. The van der Waals surface area contributed by atoms with Gasteiger partial charge in [0.05, 0.1) is 13.7 Å². The molecule has 58 valence electrons. The van der Waals surface area contributed by atoms with Gasteiger partial charge in [0.2, 0.25) is 0 Å². The molecule has 0 spiro atoms. The minimum Gasteiger partial charge on any atom is -0.453 e. The first kappa shape index (κ1) is 7.31. The van der Waals surface area contributed by atoms with Crippen LogP contribution in [-0.4, -0.2) is 37.4 Å². The standard InChI is InChI=1S/C6H10FNO2/c1-10-6(9)8-3-2-5(7)4-8/h5H,2-4H2,1H3. The van der Waals surface area contributed by atoms with Gasteiger partial charge in [-0.2, -0.15) is 0 Å². The van der Waals surface area contributed by atoms with E-state index in [4.69, 9.17) is 0 Å². The van der Waals surface area contributed by atoms with E-state index in [0.717, 1.165) is 0 Å². The maximum absolute atomic E-state index is 12.4. The maximum Gasteiger partial charge on any atom is 0.409 e. The molecule has 1 aliphatic rings. The van der Waals surface area contributed by atoms with E-state index >= 15 is 0 Å². The van der Waals surface area contributed by atoms with E-state index in [2.05, 4.69) is 4.74 Å². The van der Waals surface area contributed by atoms with Gasteiger partial charge < -0.3 is 9.64 Å². The summed E-state index contributed by atoms with van der Waals surface area (Å²) in [6.07, 6.45) is -0.853. The average Bonchev–Trinajstić information content (AvgIpc) is 2.34. The van der Waals surface area contributed by atoms with Crippen molar-refractivity contribution in [2.75, 3.05) is 20.2 Å². The van der Waals surface area contributed by atoms with Crippen LogP contribution in [0.3, 0.4) is 0 Å². The Morgan fingerprint density at radius 3 is 2.90 bits per heavy atom. The monoisotopic (exact) mass is 147 g/mol. The molecule has 1 heterocycles. The highest BCUT2D eigenvalue weighted by Crippen LogP contribution is 2.12. The number of rotatable bonds is 0. The van der Waals surface area contributed by atoms with Gasteiger partial charge in [0.1, 0.15) is 6.17 Å². The Morgan fingerprint density at radius 1 is 1.80 bits per heavy atom. The quantitative estimate of drug-likeness (QED) is 0.507. The molecule has 1 amide bonds. The Bertz CT molecular complexity index is 140. The van der Waals surface area contributed by atoms with Gasteiger partial charge in [-0.1, -0.05) is 0 Å². The van der Waals surface area contributed by atoms with Crippen LogP contribution in [0.2, 0.25) is 0 Å². The van der Waals surface area contributed by atoms with Crippen LogP contribution in [0.4, 0.5) is 9.18 Å². The van der Waals surface area contributed by atoms with Gasteiger partial charge in [-0.25, -0.2) is 9.18 Å². The molecule has 1 saturated heterocycles. The van der Waals surface area contributed by atoms with Crippen molar-refractivity contribution in [1.82, 2.24) is 4.90 Å².